The molecular formula is C21H38O4Si. The minimum Gasteiger partial charge on any atom is -0.410 e. The minimum atomic E-state index is -2.15. The molecule has 1 rings (SSSR count). The summed E-state index contributed by atoms with van der Waals surface area (Å²) in [7, 11) is -2.15. The Labute approximate surface area is 160 Å². The van der Waals surface area contributed by atoms with Gasteiger partial charge in [0.15, 0.2) is 8.32 Å². The normalized spacial score (nSPS) is 31.2. The Morgan fingerprint density at radius 2 is 1.81 bits per heavy atom. The summed E-state index contributed by atoms with van der Waals surface area (Å²) < 4.78 is 6.79. The van der Waals surface area contributed by atoms with E-state index in [1.165, 1.54) is 0 Å². The second kappa shape index (κ2) is 7.72. The highest BCUT2D eigenvalue weighted by Gasteiger charge is 2.61. The average Bonchev–Trinajstić information content (AvgIpc) is 2.68. The zero-order chi connectivity index (χ0) is 20.6. The molecule has 0 amide bonds. The molecule has 5 heteroatoms. The van der Waals surface area contributed by atoms with Gasteiger partial charge in [-0.25, -0.2) is 0 Å². The molecule has 0 aliphatic heterocycles. The highest BCUT2D eigenvalue weighted by atomic mass is 28.4. The lowest BCUT2D eigenvalue weighted by Crippen LogP contribution is -2.56. The monoisotopic (exact) mass is 382 g/mol. The molecule has 0 aromatic carbocycles. The first-order valence-corrected chi connectivity index (χ1v) is 12.3. The van der Waals surface area contributed by atoms with Crippen LogP contribution in [0.2, 0.25) is 18.1 Å². The average molecular weight is 383 g/mol. The van der Waals surface area contributed by atoms with Crippen LogP contribution in [-0.4, -0.2) is 48.1 Å². The van der Waals surface area contributed by atoms with Gasteiger partial charge in [-0.2, -0.15) is 0 Å². The summed E-state index contributed by atoms with van der Waals surface area (Å²) in [5, 5.41) is 31.4. The fourth-order valence-corrected chi connectivity index (χ4v) is 5.21. The molecule has 0 fully saturated rings. The first-order chi connectivity index (χ1) is 11.7. The van der Waals surface area contributed by atoms with Crippen molar-refractivity contribution in [3.63, 3.8) is 0 Å². The molecule has 0 aromatic heterocycles. The molecule has 1 unspecified atom stereocenters. The van der Waals surface area contributed by atoms with Gasteiger partial charge in [-0.3, -0.25) is 0 Å². The van der Waals surface area contributed by atoms with E-state index >= 15 is 0 Å². The van der Waals surface area contributed by atoms with E-state index in [1.807, 2.05) is 13.8 Å². The molecule has 0 heterocycles. The van der Waals surface area contributed by atoms with Crippen LogP contribution in [0.25, 0.3) is 0 Å². The summed E-state index contributed by atoms with van der Waals surface area (Å²) in [5.74, 6) is 0. The van der Waals surface area contributed by atoms with Gasteiger partial charge in [0.1, 0.15) is 5.60 Å². The van der Waals surface area contributed by atoms with E-state index in [9.17, 15) is 15.3 Å². The maximum atomic E-state index is 11.6. The van der Waals surface area contributed by atoms with Crippen LogP contribution in [0.5, 0.6) is 0 Å². The molecular weight excluding hydrogens is 344 g/mol. The third kappa shape index (κ3) is 3.65. The highest BCUT2D eigenvalue weighted by molar-refractivity contribution is 6.74. The van der Waals surface area contributed by atoms with Crippen LogP contribution in [0, 0.1) is 5.41 Å². The van der Waals surface area contributed by atoms with Crippen LogP contribution < -0.4 is 0 Å². The lowest BCUT2D eigenvalue weighted by Gasteiger charge is -2.49. The Hall–Kier alpha value is -0.723. The van der Waals surface area contributed by atoms with E-state index in [0.29, 0.717) is 6.42 Å². The topological polar surface area (TPSA) is 69.9 Å². The number of aliphatic hydroxyl groups is 3. The summed E-state index contributed by atoms with van der Waals surface area (Å²) in [6.07, 6.45) is 2.63. The molecule has 1 aliphatic carbocycles. The van der Waals surface area contributed by atoms with Crippen molar-refractivity contribution in [2.24, 2.45) is 5.41 Å². The zero-order valence-corrected chi connectivity index (χ0v) is 18.6. The summed E-state index contributed by atoms with van der Waals surface area (Å²) in [6.45, 7) is 22.2. The van der Waals surface area contributed by atoms with E-state index in [4.69, 9.17) is 4.43 Å². The fraction of sp³-hybridized carbons (Fsp3) is 0.714. The first kappa shape index (κ1) is 23.3. The molecule has 26 heavy (non-hydrogen) atoms. The van der Waals surface area contributed by atoms with Gasteiger partial charge in [-0.1, -0.05) is 39.5 Å². The molecule has 0 spiro atoms. The zero-order valence-electron chi connectivity index (χ0n) is 17.6. The van der Waals surface area contributed by atoms with Crippen molar-refractivity contribution < 1.29 is 19.7 Å². The van der Waals surface area contributed by atoms with E-state index in [1.54, 1.807) is 12.2 Å². The SMILES string of the molecule is C=CC[C@@]1(CC(O)CO)[C@H](O[Si](C)(C)C(C)(C)C)C(C)=C(C)[C@@]1(O)C=C. The molecule has 0 radical (unpaired) electrons. The molecule has 0 saturated heterocycles. The first-order valence-electron chi connectivity index (χ1n) is 9.35. The van der Waals surface area contributed by atoms with Gasteiger partial charge in [-0.15, -0.1) is 6.58 Å². The van der Waals surface area contributed by atoms with Gasteiger partial charge in [0.25, 0.3) is 0 Å². The molecule has 0 saturated carbocycles. The van der Waals surface area contributed by atoms with Crippen LogP contribution in [0.1, 0.15) is 47.5 Å². The number of hydrogen-bond donors (Lipinski definition) is 3. The van der Waals surface area contributed by atoms with E-state index in [-0.39, 0.29) is 24.2 Å². The number of allylic oxidation sites excluding steroid dienone is 1. The highest BCUT2D eigenvalue weighted by Crippen LogP contribution is 2.58. The number of aliphatic hydroxyl groups excluding tert-OH is 2. The Morgan fingerprint density at radius 3 is 2.19 bits per heavy atom. The maximum absolute atomic E-state index is 11.6. The predicted molar refractivity (Wildman–Crippen MR) is 111 cm³/mol. The van der Waals surface area contributed by atoms with Gasteiger partial charge in [0, 0.05) is 5.41 Å². The Balaban J connectivity index is 3.60. The molecule has 4 atom stereocenters. The fourth-order valence-electron chi connectivity index (χ4n) is 3.87. The van der Waals surface area contributed by atoms with Gasteiger partial charge >= 0.3 is 0 Å². The molecule has 0 aromatic rings. The summed E-state index contributed by atoms with van der Waals surface area (Å²) in [6, 6.07) is 0. The smallest absolute Gasteiger partial charge is 0.192 e. The van der Waals surface area contributed by atoms with E-state index in [2.05, 4.69) is 47.0 Å². The molecule has 0 bridgehead atoms. The van der Waals surface area contributed by atoms with Crippen LogP contribution in [0.15, 0.2) is 36.5 Å². The third-order valence-electron chi connectivity index (χ3n) is 6.65. The molecule has 1 aliphatic rings. The summed E-state index contributed by atoms with van der Waals surface area (Å²) in [5.41, 5.74) is -0.385. The largest absolute Gasteiger partial charge is 0.410 e. The van der Waals surface area contributed by atoms with Crippen LogP contribution >= 0.6 is 0 Å². The van der Waals surface area contributed by atoms with Gasteiger partial charge in [-0.05, 0) is 56.0 Å². The lowest BCUT2D eigenvalue weighted by atomic mass is 9.64. The maximum Gasteiger partial charge on any atom is 0.192 e. The van der Waals surface area contributed by atoms with Crippen LogP contribution in [0.3, 0.4) is 0 Å². The van der Waals surface area contributed by atoms with Crippen molar-refractivity contribution in [3.8, 4) is 0 Å². The minimum absolute atomic E-state index is 0.00554. The van der Waals surface area contributed by atoms with Gasteiger partial charge in [0.2, 0.25) is 0 Å². The third-order valence-corrected chi connectivity index (χ3v) is 11.1. The van der Waals surface area contributed by atoms with E-state index < -0.39 is 25.4 Å². The van der Waals surface area contributed by atoms with Crippen molar-refractivity contribution in [2.75, 3.05) is 6.61 Å². The predicted octanol–water partition coefficient (Wildman–Crippen LogP) is 3.95. The Morgan fingerprint density at radius 1 is 1.27 bits per heavy atom. The molecule has 150 valence electrons. The van der Waals surface area contributed by atoms with Crippen molar-refractivity contribution in [3.05, 3.63) is 36.5 Å². The Bertz CT molecular complexity index is 575. The number of hydrogen-bond acceptors (Lipinski definition) is 4. The summed E-state index contributed by atoms with van der Waals surface area (Å²) in [4.78, 5) is 0. The Kier molecular flexibility index (Phi) is 6.92. The second-order valence-electron chi connectivity index (χ2n) is 9.23. The number of rotatable bonds is 8. The van der Waals surface area contributed by atoms with Crippen molar-refractivity contribution >= 4 is 8.32 Å². The van der Waals surface area contributed by atoms with Crippen molar-refractivity contribution in [2.45, 2.75) is 83.4 Å². The van der Waals surface area contributed by atoms with E-state index in [0.717, 1.165) is 11.1 Å². The van der Waals surface area contributed by atoms with Gasteiger partial charge < -0.3 is 19.7 Å². The van der Waals surface area contributed by atoms with Crippen molar-refractivity contribution in [1.82, 2.24) is 0 Å². The van der Waals surface area contributed by atoms with Crippen molar-refractivity contribution in [1.29, 1.82) is 0 Å². The molecule has 4 nitrogen and oxygen atoms in total. The standard InChI is InChI=1S/C21H38O4Si/c1-10-12-20(13-17(23)14-22)18(25-26(8,9)19(5,6)7)15(3)16(4)21(20,24)11-2/h10-11,17-18,22-24H,1-2,12-14H2,3-9H3/t17?,18-,20-,21+/m1/s1. The van der Waals surface area contributed by atoms with Gasteiger partial charge in [0.05, 0.1) is 18.8 Å². The van der Waals surface area contributed by atoms with Crippen LogP contribution in [-0.2, 0) is 4.43 Å². The van der Waals surface area contributed by atoms with Crippen LogP contribution in [0.4, 0.5) is 0 Å². The summed E-state index contributed by atoms with van der Waals surface area (Å²) >= 11 is 0. The quantitative estimate of drug-likeness (QED) is 0.439. The molecule has 3 N–H and O–H groups in total. The second-order valence-corrected chi connectivity index (χ2v) is 14.0. The lowest BCUT2D eigenvalue weighted by molar-refractivity contribution is -0.0882.